The Morgan fingerprint density at radius 1 is 1.00 bits per heavy atom. The van der Waals surface area contributed by atoms with Gasteiger partial charge < -0.3 is 19.5 Å². The first kappa shape index (κ1) is 25.8. The molecule has 32 heavy (non-hydrogen) atoms. The SMILES string of the molecule is CCN(CC)S(=O)(=O)c1ccc(Cl)c(NC(=O)CCc2cc(OC)c(OC)c(OC)c2)c1. The fourth-order valence-corrected chi connectivity index (χ4v) is 4.87. The summed E-state index contributed by atoms with van der Waals surface area (Å²) in [6.07, 6.45) is 0.541. The van der Waals surface area contributed by atoms with Crippen LogP contribution in [0.5, 0.6) is 17.2 Å². The number of methoxy groups -OCH3 is 3. The van der Waals surface area contributed by atoms with Gasteiger partial charge in [0.1, 0.15) is 0 Å². The van der Waals surface area contributed by atoms with E-state index in [0.717, 1.165) is 5.56 Å². The van der Waals surface area contributed by atoms with Crippen molar-refractivity contribution in [1.82, 2.24) is 4.31 Å². The van der Waals surface area contributed by atoms with Crippen molar-refractivity contribution in [3.8, 4) is 17.2 Å². The van der Waals surface area contributed by atoms with E-state index < -0.39 is 10.0 Å². The number of ether oxygens (including phenoxy) is 3. The second kappa shape index (κ2) is 11.4. The number of anilines is 1. The molecule has 0 saturated heterocycles. The van der Waals surface area contributed by atoms with Crippen LogP contribution in [0.2, 0.25) is 5.02 Å². The third-order valence-electron chi connectivity index (χ3n) is 4.92. The second-order valence-corrected chi connectivity index (χ2v) is 9.16. The predicted octanol–water partition coefficient (Wildman–Crippen LogP) is 3.97. The van der Waals surface area contributed by atoms with Gasteiger partial charge in [-0.2, -0.15) is 4.31 Å². The molecule has 0 aliphatic heterocycles. The number of hydrogen-bond donors (Lipinski definition) is 1. The van der Waals surface area contributed by atoms with Crippen molar-refractivity contribution in [3.05, 3.63) is 40.9 Å². The van der Waals surface area contributed by atoms with Crippen molar-refractivity contribution < 1.29 is 27.4 Å². The lowest BCUT2D eigenvalue weighted by Crippen LogP contribution is -2.30. The van der Waals surface area contributed by atoms with Gasteiger partial charge in [0, 0.05) is 19.5 Å². The highest BCUT2D eigenvalue weighted by Gasteiger charge is 2.23. The van der Waals surface area contributed by atoms with E-state index in [4.69, 9.17) is 25.8 Å². The fraction of sp³-hybridized carbons (Fsp3) is 0.409. The molecule has 1 amide bonds. The Bertz CT molecular complexity index is 1030. The highest BCUT2D eigenvalue weighted by Crippen LogP contribution is 2.38. The van der Waals surface area contributed by atoms with Gasteiger partial charge in [-0.1, -0.05) is 25.4 Å². The van der Waals surface area contributed by atoms with E-state index >= 15 is 0 Å². The van der Waals surface area contributed by atoms with E-state index in [2.05, 4.69) is 5.32 Å². The normalized spacial score (nSPS) is 11.3. The van der Waals surface area contributed by atoms with Gasteiger partial charge in [0.2, 0.25) is 21.7 Å². The highest BCUT2D eigenvalue weighted by molar-refractivity contribution is 7.89. The Morgan fingerprint density at radius 3 is 2.09 bits per heavy atom. The number of carbonyl (C=O) groups is 1. The van der Waals surface area contributed by atoms with E-state index in [-0.39, 0.29) is 27.9 Å². The first-order valence-electron chi connectivity index (χ1n) is 10.1. The first-order valence-corrected chi connectivity index (χ1v) is 11.9. The number of sulfonamides is 1. The Balaban J connectivity index is 2.17. The molecule has 0 radical (unpaired) electrons. The Labute approximate surface area is 194 Å². The number of nitrogens with zero attached hydrogens (tertiary/aromatic N) is 1. The third-order valence-corrected chi connectivity index (χ3v) is 7.30. The molecule has 2 aromatic rings. The largest absolute Gasteiger partial charge is 0.493 e. The molecular weight excluding hydrogens is 456 g/mol. The molecule has 0 bridgehead atoms. The smallest absolute Gasteiger partial charge is 0.243 e. The van der Waals surface area contributed by atoms with Crippen LogP contribution < -0.4 is 19.5 Å². The highest BCUT2D eigenvalue weighted by atomic mass is 35.5. The van der Waals surface area contributed by atoms with Gasteiger partial charge >= 0.3 is 0 Å². The third kappa shape index (κ3) is 5.85. The predicted molar refractivity (Wildman–Crippen MR) is 125 cm³/mol. The van der Waals surface area contributed by atoms with Crippen LogP contribution in [-0.4, -0.2) is 53.0 Å². The zero-order valence-corrected chi connectivity index (χ0v) is 20.5. The standard InChI is InChI=1S/C22H29ClN2O6S/c1-6-25(7-2)32(27,28)16-9-10-17(23)18(14-16)24-21(26)11-8-15-12-19(29-3)22(31-5)20(13-15)30-4/h9-10,12-14H,6-8,11H2,1-5H3,(H,24,26). The molecule has 2 rings (SSSR count). The van der Waals surface area contributed by atoms with Crippen molar-refractivity contribution in [2.24, 2.45) is 0 Å². The van der Waals surface area contributed by atoms with Gasteiger partial charge in [0.15, 0.2) is 11.5 Å². The Kier molecular flexibility index (Phi) is 9.18. The molecule has 8 nitrogen and oxygen atoms in total. The molecule has 176 valence electrons. The van der Waals surface area contributed by atoms with Gasteiger partial charge in [-0.3, -0.25) is 4.79 Å². The van der Waals surface area contributed by atoms with Crippen LogP contribution >= 0.6 is 11.6 Å². The van der Waals surface area contributed by atoms with Crippen molar-refractivity contribution >= 4 is 33.2 Å². The van der Waals surface area contributed by atoms with Crippen LogP contribution in [-0.2, 0) is 21.2 Å². The minimum Gasteiger partial charge on any atom is -0.493 e. The first-order chi connectivity index (χ1) is 15.2. The number of benzene rings is 2. The maximum Gasteiger partial charge on any atom is 0.243 e. The molecule has 0 aromatic heterocycles. The zero-order chi connectivity index (χ0) is 23.9. The van der Waals surface area contributed by atoms with Gasteiger partial charge in [0.05, 0.1) is 36.9 Å². The molecule has 0 aliphatic rings. The molecule has 0 fully saturated rings. The summed E-state index contributed by atoms with van der Waals surface area (Å²) in [5.41, 5.74) is 1.06. The monoisotopic (exact) mass is 484 g/mol. The van der Waals surface area contributed by atoms with Crippen LogP contribution in [0.4, 0.5) is 5.69 Å². The summed E-state index contributed by atoms with van der Waals surface area (Å²) >= 11 is 6.20. The molecule has 0 saturated carbocycles. The number of nitrogens with one attached hydrogen (secondary N) is 1. The molecule has 10 heteroatoms. The topological polar surface area (TPSA) is 94.2 Å². The lowest BCUT2D eigenvalue weighted by atomic mass is 10.1. The van der Waals surface area contributed by atoms with Crippen LogP contribution in [0, 0.1) is 0 Å². The van der Waals surface area contributed by atoms with Gasteiger partial charge in [-0.05, 0) is 42.3 Å². The van der Waals surface area contributed by atoms with Crippen LogP contribution in [0.3, 0.4) is 0 Å². The van der Waals surface area contributed by atoms with Crippen molar-refractivity contribution in [1.29, 1.82) is 0 Å². The van der Waals surface area contributed by atoms with Gasteiger partial charge in [-0.25, -0.2) is 8.42 Å². The van der Waals surface area contributed by atoms with Crippen molar-refractivity contribution in [3.63, 3.8) is 0 Å². The number of aryl methyl sites for hydroxylation is 1. The van der Waals surface area contributed by atoms with Crippen LogP contribution in [0.1, 0.15) is 25.8 Å². The van der Waals surface area contributed by atoms with E-state index in [1.807, 2.05) is 0 Å². The number of carbonyl (C=O) groups excluding carboxylic acids is 1. The maximum absolute atomic E-state index is 12.8. The summed E-state index contributed by atoms with van der Waals surface area (Å²) < 4.78 is 42.8. The Hall–Kier alpha value is -2.49. The number of hydrogen-bond acceptors (Lipinski definition) is 6. The van der Waals surface area contributed by atoms with E-state index in [1.165, 1.54) is 43.8 Å². The quantitative estimate of drug-likeness (QED) is 0.518. The van der Waals surface area contributed by atoms with E-state index in [9.17, 15) is 13.2 Å². The Morgan fingerprint density at radius 2 is 1.59 bits per heavy atom. The lowest BCUT2D eigenvalue weighted by molar-refractivity contribution is -0.116. The summed E-state index contributed by atoms with van der Waals surface area (Å²) in [6.45, 7) is 4.22. The van der Waals surface area contributed by atoms with E-state index in [0.29, 0.717) is 36.8 Å². The molecular formula is C22H29ClN2O6S. The maximum atomic E-state index is 12.8. The second-order valence-electron chi connectivity index (χ2n) is 6.81. The zero-order valence-electron chi connectivity index (χ0n) is 18.9. The summed E-state index contributed by atoms with van der Waals surface area (Å²) in [5, 5.41) is 2.96. The van der Waals surface area contributed by atoms with Gasteiger partial charge in [-0.15, -0.1) is 0 Å². The van der Waals surface area contributed by atoms with Crippen LogP contribution in [0.25, 0.3) is 0 Å². The number of rotatable bonds is 11. The lowest BCUT2D eigenvalue weighted by Gasteiger charge is -2.19. The minimum atomic E-state index is -3.67. The average molecular weight is 485 g/mol. The summed E-state index contributed by atoms with van der Waals surface area (Å²) in [5.74, 6) is 1.17. The summed E-state index contributed by atoms with van der Waals surface area (Å²) in [7, 11) is 0.896. The number of halogens is 1. The summed E-state index contributed by atoms with van der Waals surface area (Å²) in [6, 6.07) is 7.83. The molecule has 0 aliphatic carbocycles. The van der Waals surface area contributed by atoms with Gasteiger partial charge in [0.25, 0.3) is 0 Å². The minimum absolute atomic E-state index is 0.0746. The summed E-state index contributed by atoms with van der Waals surface area (Å²) in [4.78, 5) is 12.6. The molecule has 0 spiro atoms. The molecule has 1 N–H and O–H groups in total. The van der Waals surface area contributed by atoms with Crippen LogP contribution in [0.15, 0.2) is 35.2 Å². The molecule has 2 aromatic carbocycles. The molecule has 0 atom stereocenters. The fourth-order valence-electron chi connectivity index (χ4n) is 3.22. The number of amides is 1. The molecule has 0 unspecified atom stereocenters. The molecule has 0 heterocycles. The average Bonchev–Trinajstić information content (AvgIpc) is 2.78. The van der Waals surface area contributed by atoms with Crippen molar-refractivity contribution in [2.45, 2.75) is 31.6 Å². The van der Waals surface area contributed by atoms with E-state index in [1.54, 1.807) is 26.0 Å². The van der Waals surface area contributed by atoms with Crippen molar-refractivity contribution in [2.75, 3.05) is 39.7 Å².